The topological polar surface area (TPSA) is 47.9 Å². The van der Waals surface area contributed by atoms with Gasteiger partial charge in [-0.1, -0.05) is 35.5 Å². The van der Waals surface area contributed by atoms with Gasteiger partial charge in [0.05, 0.1) is 12.3 Å². The number of esters is 1. The van der Waals surface area contributed by atoms with E-state index < -0.39 is 5.92 Å². The molecular formula is C13H15NO3. The Labute approximate surface area is 100 Å². The molecule has 2 rings (SSSR count). The molecule has 90 valence electrons. The zero-order valence-electron chi connectivity index (χ0n) is 9.92. The molecular weight excluding hydrogens is 218 g/mol. The van der Waals surface area contributed by atoms with Gasteiger partial charge in [-0.3, -0.25) is 4.79 Å². The number of benzene rings is 1. The minimum Gasteiger partial charge on any atom is -0.465 e. The molecule has 0 bridgehead atoms. The standard InChI is InChI=1S/C13H15NO3/c1-3-16-13(15)11-9(2)14-17-12(11)10-7-5-4-6-8-10/h4-8,11-12H,3H2,1-2H3/t11-,12+/m0/s1. The molecule has 17 heavy (non-hydrogen) atoms. The van der Waals surface area contributed by atoms with Crippen molar-refractivity contribution in [3.63, 3.8) is 0 Å². The van der Waals surface area contributed by atoms with Crippen molar-refractivity contribution in [3.8, 4) is 0 Å². The van der Waals surface area contributed by atoms with E-state index in [1.54, 1.807) is 13.8 Å². The zero-order valence-corrected chi connectivity index (χ0v) is 9.92. The fourth-order valence-electron chi connectivity index (χ4n) is 1.90. The minimum absolute atomic E-state index is 0.278. The van der Waals surface area contributed by atoms with Gasteiger partial charge in [0.25, 0.3) is 0 Å². The first kappa shape index (κ1) is 11.6. The van der Waals surface area contributed by atoms with Gasteiger partial charge in [0.15, 0.2) is 6.10 Å². The molecule has 2 atom stereocenters. The summed E-state index contributed by atoms with van der Waals surface area (Å²) in [5.41, 5.74) is 1.60. The van der Waals surface area contributed by atoms with Crippen LogP contribution < -0.4 is 0 Å². The molecule has 0 N–H and O–H groups in total. The summed E-state index contributed by atoms with van der Waals surface area (Å²) in [5, 5.41) is 3.89. The Balaban J connectivity index is 2.22. The Morgan fingerprint density at radius 2 is 2.12 bits per heavy atom. The molecule has 0 unspecified atom stereocenters. The molecule has 0 fully saturated rings. The van der Waals surface area contributed by atoms with Crippen molar-refractivity contribution in [1.29, 1.82) is 0 Å². The third kappa shape index (κ3) is 2.30. The number of nitrogens with zero attached hydrogens (tertiary/aromatic N) is 1. The number of hydrogen-bond acceptors (Lipinski definition) is 4. The van der Waals surface area contributed by atoms with Gasteiger partial charge in [0.1, 0.15) is 5.92 Å². The second-order valence-corrected chi connectivity index (χ2v) is 3.90. The normalized spacial score (nSPS) is 22.8. The van der Waals surface area contributed by atoms with Gasteiger partial charge in [0, 0.05) is 0 Å². The summed E-state index contributed by atoms with van der Waals surface area (Å²) in [7, 11) is 0. The van der Waals surface area contributed by atoms with Gasteiger partial charge in [-0.05, 0) is 19.4 Å². The highest BCUT2D eigenvalue weighted by Gasteiger charge is 2.39. The summed E-state index contributed by atoms with van der Waals surface area (Å²) in [6.45, 7) is 3.94. The summed E-state index contributed by atoms with van der Waals surface area (Å²) in [5.74, 6) is -0.711. The summed E-state index contributed by atoms with van der Waals surface area (Å²) in [6.07, 6.45) is -0.366. The lowest BCUT2D eigenvalue weighted by atomic mass is 9.93. The van der Waals surface area contributed by atoms with Gasteiger partial charge in [0.2, 0.25) is 0 Å². The van der Waals surface area contributed by atoms with Crippen molar-refractivity contribution in [2.24, 2.45) is 11.1 Å². The summed E-state index contributed by atoms with van der Waals surface area (Å²) < 4.78 is 5.05. The van der Waals surface area contributed by atoms with Crippen molar-refractivity contribution in [2.45, 2.75) is 20.0 Å². The molecule has 4 heteroatoms. The Morgan fingerprint density at radius 3 is 2.76 bits per heavy atom. The Kier molecular flexibility index (Phi) is 3.42. The maximum Gasteiger partial charge on any atom is 0.319 e. The summed E-state index contributed by atoms with van der Waals surface area (Å²) in [4.78, 5) is 17.2. The first-order chi connectivity index (χ1) is 8.24. The lowest BCUT2D eigenvalue weighted by Gasteiger charge is -2.16. The molecule has 1 aromatic rings. The lowest BCUT2D eigenvalue weighted by molar-refractivity contribution is -0.148. The van der Waals surface area contributed by atoms with Crippen molar-refractivity contribution in [2.75, 3.05) is 6.61 Å². The van der Waals surface area contributed by atoms with Crippen LogP contribution in [0.5, 0.6) is 0 Å². The molecule has 0 radical (unpaired) electrons. The second-order valence-electron chi connectivity index (χ2n) is 3.90. The molecule has 1 aromatic carbocycles. The summed E-state index contributed by atoms with van der Waals surface area (Å²) >= 11 is 0. The predicted molar refractivity (Wildman–Crippen MR) is 63.5 cm³/mol. The van der Waals surface area contributed by atoms with Crippen molar-refractivity contribution >= 4 is 11.7 Å². The van der Waals surface area contributed by atoms with Crippen LogP contribution in [0.4, 0.5) is 0 Å². The highest BCUT2D eigenvalue weighted by Crippen LogP contribution is 2.33. The quantitative estimate of drug-likeness (QED) is 0.753. The average Bonchev–Trinajstić information content (AvgIpc) is 2.73. The van der Waals surface area contributed by atoms with E-state index >= 15 is 0 Å². The number of rotatable bonds is 3. The number of hydrogen-bond donors (Lipinski definition) is 0. The molecule has 1 aliphatic rings. The molecule has 0 aromatic heterocycles. The molecule has 1 aliphatic heterocycles. The summed E-state index contributed by atoms with van der Waals surface area (Å²) in [6, 6.07) is 9.59. The number of ether oxygens (including phenoxy) is 1. The predicted octanol–water partition coefficient (Wildman–Crippen LogP) is 2.31. The van der Waals surface area contributed by atoms with E-state index in [0.29, 0.717) is 12.3 Å². The molecule has 1 heterocycles. The van der Waals surface area contributed by atoms with Crippen LogP contribution in [0, 0.1) is 5.92 Å². The fourth-order valence-corrected chi connectivity index (χ4v) is 1.90. The monoisotopic (exact) mass is 233 g/mol. The van der Waals surface area contributed by atoms with Crippen LogP contribution in [0.1, 0.15) is 25.5 Å². The molecule has 0 spiro atoms. The first-order valence-electron chi connectivity index (χ1n) is 5.66. The van der Waals surface area contributed by atoms with E-state index in [1.165, 1.54) is 0 Å². The van der Waals surface area contributed by atoms with E-state index in [9.17, 15) is 4.79 Å². The lowest BCUT2D eigenvalue weighted by Crippen LogP contribution is -2.27. The van der Waals surface area contributed by atoms with Gasteiger partial charge in [-0.15, -0.1) is 0 Å². The maximum absolute atomic E-state index is 11.9. The van der Waals surface area contributed by atoms with E-state index in [4.69, 9.17) is 9.57 Å². The van der Waals surface area contributed by atoms with Crippen LogP contribution in [0.25, 0.3) is 0 Å². The van der Waals surface area contributed by atoms with Crippen LogP contribution in [0.2, 0.25) is 0 Å². The van der Waals surface area contributed by atoms with E-state index in [-0.39, 0.29) is 12.1 Å². The van der Waals surface area contributed by atoms with E-state index in [2.05, 4.69) is 5.16 Å². The zero-order chi connectivity index (χ0) is 12.3. The van der Waals surface area contributed by atoms with Crippen LogP contribution in [0.15, 0.2) is 35.5 Å². The molecule has 0 aliphatic carbocycles. The van der Waals surface area contributed by atoms with Crippen LogP contribution >= 0.6 is 0 Å². The second kappa shape index (κ2) is 4.99. The molecule has 0 amide bonds. The van der Waals surface area contributed by atoms with Crippen LogP contribution in [-0.2, 0) is 14.4 Å². The molecule has 0 saturated carbocycles. The SMILES string of the molecule is CCOC(=O)[C@H]1C(C)=NO[C@@H]1c1ccccc1. The Bertz CT molecular complexity index is 428. The minimum atomic E-state index is -0.433. The van der Waals surface area contributed by atoms with Crippen LogP contribution in [0.3, 0.4) is 0 Å². The number of carbonyl (C=O) groups is 1. The van der Waals surface area contributed by atoms with Gasteiger partial charge in [-0.2, -0.15) is 0 Å². The van der Waals surface area contributed by atoms with Crippen molar-refractivity contribution in [3.05, 3.63) is 35.9 Å². The smallest absolute Gasteiger partial charge is 0.319 e. The van der Waals surface area contributed by atoms with Gasteiger partial charge < -0.3 is 9.57 Å². The maximum atomic E-state index is 11.9. The Hall–Kier alpha value is -1.84. The third-order valence-electron chi connectivity index (χ3n) is 2.73. The number of carbonyl (C=O) groups excluding carboxylic acids is 1. The van der Waals surface area contributed by atoms with Gasteiger partial charge >= 0.3 is 5.97 Å². The first-order valence-corrected chi connectivity index (χ1v) is 5.66. The molecule has 0 saturated heterocycles. The third-order valence-corrected chi connectivity index (χ3v) is 2.73. The molecule has 4 nitrogen and oxygen atoms in total. The van der Waals surface area contributed by atoms with E-state index in [1.807, 2.05) is 30.3 Å². The average molecular weight is 233 g/mol. The van der Waals surface area contributed by atoms with Crippen molar-refractivity contribution in [1.82, 2.24) is 0 Å². The van der Waals surface area contributed by atoms with Crippen LogP contribution in [-0.4, -0.2) is 18.3 Å². The van der Waals surface area contributed by atoms with E-state index in [0.717, 1.165) is 5.56 Å². The number of oxime groups is 1. The highest BCUT2D eigenvalue weighted by molar-refractivity contribution is 6.02. The largest absolute Gasteiger partial charge is 0.465 e. The fraction of sp³-hybridized carbons (Fsp3) is 0.385. The highest BCUT2D eigenvalue weighted by atomic mass is 16.6. The van der Waals surface area contributed by atoms with Crippen molar-refractivity contribution < 1.29 is 14.4 Å². The Morgan fingerprint density at radius 1 is 1.41 bits per heavy atom. The van der Waals surface area contributed by atoms with Gasteiger partial charge in [-0.25, -0.2) is 0 Å².